The van der Waals surface area contributed by atoms with E-state index in [9.17, 15) is 9.59 Å². The van der Waals surface area contributed by atoms with Crippen LogP contribution in [0.3, 0.4) is 0 Å². The van der Waals surface area contributed by atoms with E-state index in [1.165, 1.54) is 6.08 Å². The van der Waals surface area contributed by atoms with Crippen LogP contribution in [0, 0.1) is 0 Å². The van der Waals surface area contributed by atoms with Crippen molar-refractivity contribution in [1.29, 1.82) is 0 Å². The third kappa shape index (κ3) is 6.17. The number of carbonyl (C=O) groups excluding carboxylic acids is 2. The van der Waals surface area contributed by atoms with Gasteiger partial charge in [0.2, 0.25) is 5.91 Å². The van der Waals surface area contributed by atoms with Gasteiger partial charge in [0.15, 0.2) is 0 Å². The Kier molecular flexibility index (Phi) is 7.25. The number of ether oxygens (including phenoxy) is 1. The topological polar surface area (TPSA) is 71.5 Å². The van der Waals surface area contributed by atoms with Gasteiger partial charge in [0.25, 0.3) is 0 Å². The van der Waals surface area contributed by atoms with Crippen molar-refractivity contribution in [2.45, 2.75) is 39.8 Å². The molecule has 0 fully saturated rings. The molecule has 0 atom stereocenters. The lowest BCUT2D eigenvalue weighted by atomic mass is 10.1. The number of para-hydroxylation sites is 2. The third-order valence-electron chi connectivity index (χ3n) is 4.75. The molecule has 6 heteroatoms. The fourth-order valence-corrected chi connectivity index (χ4v) is 3.22. The fourth-order valence-electron chi connectivity index (χ4n) is 3.22. The number of nitrogens with zero attached hydrogens (tertiary/aromatic N) is 2. The number of amides is 2. The van der Waals surface area contributed by atoms with Gasteiger partial charge in [-0.1, -0.05) is 42.5 Å². The van der Waals surface area contributed by atoms with Gasteiger partial charge in [-0.2, -0.15) is 0 Å². The van der Waals surface area contributed by atoms with Crippen molar-refractivity contribution in [2.75, 3.05) is 11.9 Å². The molecule has 166 valence electrons. The summed E-state index contributed by atoms with van der Waals surface area (Å²) in [6, 6.07) is 17.2. The molecule has 3 aromatic rings. The number of aromatic nitrogens is 1. The number of carbonyl (C=O) groups is 2. The van der Waals surface area contributed by atoms with E-state index in [-0.39, 0.29) is 12.0 Å². The molecule has 0 aliphatic rings. The lowest BCUT2D eigenvalue weighted by Crippen LogP contribution is -2.36. The molecule has 0 unspecified atom stereocenters. The van der Waals surface area contributed by atoms with Crippen LogP contribution < -0.4 is 5.32 Å². The monoisotopic (exact) mass is 431 g/mol. The summed E-state index contributed by atoms with van der Waals surface area (Å²) in [6.45, 7) is 8.23. The van der Waals surface area contributed by atoms with E-state index in [2.05, 4.69) is 10.3 Å². The highest BCUT2D eigenvalue weighted by atomic mass is 16.6. The lowest BCUT2D eigenvalue weighted by Gasteiger charge is -2.27. The van der Waals surface area contributed by atoms with Gasteiger partial charge in [-0.15, -0.1) is 0 Å². The Morgan fingerprint density at radius 2 is 1.81 bits per heavy atom. The van der Waals surface area contributed by atoms with Crippen LogP contribution >= 0.6 is 0 Å². The normalized spacial score (nSPS) is 11.5. The molecule has 1 heterocycles. The van der Waals surface area contributed by atoms with Crippen molar-refractivity contribution in [3.8, 4) is 0 Å². The second-order valence-electron chi connectivity index (χ2n) is 8.40. The molecule has 0 spiro atoms. The summed E-state index contributed by atoms with van der Waals surface area (Å²) in [7, 11) is 0. The molecule has 0 aliphatic heterocycles. The highest BCUT2D eigenvalue weighted by Crippen LogP contribution is 2.20. The molecule has 1 aromatic heterocycles. The Morgan fingerprint density at radius 1 is 1.06 bits per heavy atom. The minimum atomic E-state index is -0.570. The van der Waals surface area contributed by atoms with Crippen LogP contribution in [0.25, 0.3) is 17.0 Å². The Bertz CT molecular complexity index is 1130. The van der Waals surface area contributed by atoms with Crippen molar-refractivity contribution >= 4 is 34.7 Å². The molecule has 3 rings (SSSR count). The molecule has 0 radical (unpaired) electrons. The second kappa shape index (κ2) is 10.1. The first-order chi connectivity index (χ1) is 15.3. The number of pyridine rings is 1. The van der Waals surface area contributed by atoms with Crippen molar-refractivity contribution in [3.05, 3.63) is 78.0 Å². The number of hydrogen-bond acceptors (Lipinski definition) is 4. The van der Waals surface area contributed by atoms with E-state index < -0.39 is 5.60 Å². The zero-order chi connectivity index (χ0) is 23.1. The molecule has 32 heavy (non-hydrogen) atoms. The highest BCUT2D eigenvalue weighted by Gasteiger charge is 2.22. The van der Waals surface area contributed by atoms with Crippen LogP contribution in [0.4, 0.5) is 10.5 Å². The van der Waals surface area contributed by atoms with Crippen LogP contribution in [0.15, 0.2) is 66.9 Å². The zero-order valence-electron chi connectivity index (χ0n) is 19.0. The maximum atomic E-state index is 12.6. The molecule has 1 N–H and O–H groups in total. The summed E-state index contributed by atoms with van der Waals surface area (Å²) in [5.74, 6) is -0.259. The van der Waals surface area contributed by atoms with Crippen molar-refractivity contribution in [1.82, 2.24) is 9.88 Å². The molecular formula is C26H29N3O3. The van der Waals surface area contributed by atoms with Crippen LogP contribution in [-0.2, 0) is 16.1 Å². The fraction of sp³-hybridized carbons (Fsp3) is 0.269. The largest absolute Gasteiger partial charge is 0.444 e. The first-order valence-corrected chi connectivity index (χ1v) is 10.7. The van der Waals surface area contributed by atoms with Crippen molar-refractivity contribution in [2.24, 2.45) is 0 Å². The van der Waals surface area contributed by atoms with Gasteiger partial charge in [-0.25, -0.2) is 4.79 Å². The zero-order valence-corrected chi connectivity index (χ0v) is 19.0. The highest BCUT2D eigenvalue weighted by molar-refractivity contribution is 6.03. The van der Waals surface area contributed by atoms with Crippen LogP contribution in [-0.4, -0.2) is 34.0 Å². The smallest absolute Gasteiger partial charge is 0.410 e. The van der Waals surface area contributed by atoms with Crippen molar-refractivity contribution < 1.29 is 14.3 Å². The van der Waals surface area contributed by atoms with Crippen LogP contribution in [0.1, 0.15) is 38.8 Å². The van der Waals surface area contributed by atoms with Gasteiger partial charge in [0.05, 0.1) is 12.1 Å². The molecule has 0 bridgehead atoms. The summed E-state index contributed by atoms with van der Waals surface area (Å²) < 4.78 is 5.49. The van der Waals surface area contributed by atoms with Gasteiger partial charge in [-0.05, 0) is 51.5 Å². The number of fused-ring (bicyclic) bond motifs is 1. The molecule has 2 aromatic carbocycles. The van der Waals surface area contributed by atoms with Gasteiger partial charge in [0, 0.05) is 35.5 Å². The van der Waals surface area contributed by atoms with E-state index in [4.69, 9.17) is 4.74 Å². The van der Waals surface area contributed by atoms with E-state index in [1.54, 1.807) is 17.2 Å². The molecule has 2 amide bonds. The molecule has 6 nitrogen and oxygen atoms in total. The molecular weight excluding hydrogens is 402 g/mol. The molecule has 0 saturated heterocycles. The van der Waals surface area contributed by atoms with Gasteiger partial charge in [-0.3, -0.25) is 9.78 Å². The Morgan fingerprint density at radius 3 is 2.56 bits per heavy atom. The molecule has 0 aliphatic carbocycles. The Labute approximate surface area is 188 Å². The van der Waals surface area contributed by atoms with E-state index in [0.29, 0.717) is 18.8 Å². The Balaban J connectivity index is 1.73. The number of nitrogens with one attached hydrogen (secondary N) is 1. The summed E-state index contributed by atoms with van der Waals surface area (Å²) in [6.07, 6.45) is 4.60. The Hall–Kier alpha value is -3.67. The van der Waals surface area contributed by atoms with E-state index in [1.807, 2.05) is 82.3 Å². The number of hydrogen-bond donors (Lipinski definition) is 1. The predicted molar refractivity (Wildman–Crippen MR) is 128 cm³/mol. The first kappa shape index (κ1) is 23.0. The van der Waals surface area contributed by atoms with Gasteiger partial charge in [0.1, 0.15) is 5.60 Å². The van der Waals surface area contributed by atoms with Gasteiger partial charge >= 0.3 is 6.09 Å². The summed E-state index contributed by atoms with van der Waals surface area (Å²) in [5.41, 5.74) is 2.62. The average Bonchev–Trinajstić information content (AvgIpc) is 2.75. The minimum Gasteiger partial charge on any atom is -0.444 e. The summed E-state index contributed by atoms with van der Waals surface area (Å²) in [5, 5.41) is 3.94. The van der Waals surface area contributed by atoms with E-state index in [0.717, 1.165) is 22.0 Å². The number of rotatable bonds is 6. The predicted octanol–water partition coefficient (Wildman–Crippen LogP) is 5.64. The van der Waals surface area contributed by atoms with Crippen LogP contribution in [0.2, 0.25) is 0 Å². The standard InChI is InChI=1S/C26H29N3O3/c1-5-29(25(31)32-26(2,3)4)18-21-10-6-7-14-22(21)28-23(30)16-15-20-12-8-11-19-13-9-17-27-24(19)20/h6-17H,5,18H2,1-4H3,(H,28,30)/b16-15+. The van der Waals surface area contributed by atoms with Gasteiger partial charge < -0.3 is 15.0 Å². The second-order valence-corrected chi connectivity index (χ2v) is 8.40. The maximum Gasteiger partial charge on any atom is 0.410 e. The minimum absolute atomic E-state index is 0.259. The van der Waals surface area contributed by atoms with Crippen LogP contribution in [0.5, 0.6) is 0 Å². The maximum absolute atomic E-state index is 12.6. The van der Waals surface area contributed by atoms with E-state index >= 15 is 0 Å². The molecule has 0 saturated carbocycles. The summed E-state index contributed by atoms with van der Waals surface area (Å²) in [4.78, 5) is 31.1. The SMILES string of the molecule is CCN(Cc1ccccc1NC(=O)/C=C/c1cccc2cccnc12)C(=O)OC(C)(C)C. The quantitative estimate of drug-likeness (QED) is 0.513. The summed E-state index contributed by atoms with van der Waals surface area (Å²) >= 11 is 0. The first-order valence-electron chi connectivity index (χ1n) is 10.7. The average molecular weight is 432 g/mol. The number of benzene rings is 2. The third-order valence-corrected chi connectivity index (χ3v) is 4.75. The lowest BCUT2D eigenvalue weighted by molar-refractivity contribution is -0.111. The van der Waals surface area contributed by atoms with Crippen molar-refractivity contribution in [3.63, 3.8) is 0 Å². The number of anilines is 1.